The summed E-state index contributed by atoms with van der Waals surface area (Å²) in [4.78, 5) is 26.8. The number of hydrogen-bond donors (Lipinski definition) is 2. The molecule has 1 heterocycles. The second-order valence-corrected chi connectivity index (χ2v) is 7.46. The van der Waals surface area contributed by atoms with Crippen molar-refractivity contribution in [3.8, 4) is 11.1 Å². The quantitative estimate of drug-likeness (QED) is 0.622. The molecule has 2 N–H and O–H groups in total. The lowest BCUT2D eigenvalue weighted by atomic mass is 10.0. The summed E-state index contributed by atoms with van der Waals surface area (Å²) in [6.45, 7) is 1.55. The van der Waals surface area contributed by atoms with Crippen LogP contribution in [0.1, 0.15) is 18.4 Å². The SMILES string of the molecule is O=C(Cc1ccc(-c2ccccc2)cc1)Nc1ccccc1NC(=O)N1CCCC1. The summed E-state index contributed by atoms with van der Waals surface area (Å²) >= 11 is 0. The molecule has 1 aliphatic rings. The van der Waals surface area contributed by atoms with Gasteiger partial charge in [0.2, 0.25) is 5.91 Å². The maximum Gasteiger partial charge on any atom is 0.321 e. The summed E-state index contributed by atoms with van der Waals surface area (Å²) in [6.07, 6.45) is 2.34. The molecule has 1 fully saturated rings. The molecule has 0 spiro atoms. The Kier molecular flexibility index (Phi) is 6.09. The molecule has 5 heteroatoms. The molecule has 0 saturated carbocycles. The van der Waals surface area contributed by atoms with E-state index in [0.717, 1.165) is 42.6 Å². The average Bonchev–Trinajstić information content (AvgIpc) is 3.31. The van der Waals surface area contributed by atoms with Crippen LogP contribution in [-0.2, 0) is 11.2 Å². The number of nitrogens with zero attached hydrogens (tertiary/aromatic N) is 1. The summed E-state index contributed by atoms with van der Waals surface area (Å²) < 4.78 is 0. The van der Waals surface area contributed by atoms with Crippen molar-refractivity contribution >= 4 is 23.3 Å². The van der Waals surface area contributed by atoms with Crippen LogP contribution in [0.4, 0.5) is 16.2 Å². The fraction of sp³-hybridized carbons (Fsp3) is 0.200. The number of para-hydroxylation sites is 2. The van der Waals surface area contributed by atoms with Gasteiger partial charge in [0.1, 0.15) is 0 Å². The summed E-state index contributed by atoms with van der Waals surface area (Å²) in [5.41, 5.74) is 4.43. The number of amides is 3. The molecule has 5 nitrogen and oxygen atoms in total. The second-order valence-electron chi connectivity index (χ2n) is 7.46. The Morgan fingerprint density at radius 2 is 1.27 bits per heavy atom. The van der Waals surface area contributed by atoms with Gasteiger partial charge in [-0.15, -0.1) is 0 Å². The van der Waals surface area contributed by atoms with Gasteiger partial charge in [0.25, 0.3) is 0 Å². The van der Waals surface area contributed by atoms with E-state index >= 15 is 0 Å². The Hall–Kier alpha value is -3.60. The van der Waals surface area contributed by atoms with Crippen LogP contribution >= 0.6 is 0 Å². The Labute approximate surface area is 176 Å². The van der Waals surface area contributed by atoms with E-state index in [1.807, 2.05) is 54.6 Å². The molecule has 0 unspecified atom stereocenters. The van der Waals surface area contributed by atoms with Crippen LogP contribution in [-0.4, -0.2) is 29.9 Å². The fourth-order valence-electron chi connectivity index (χ4n) is 3.64. The van der Waals surface area contributed by atoms with Gasteiger partial charge < -0.3 is 15.5 Å². The molecule has 3 aromatic rings. The number of anilines is 2. The van der Waals surface area contributed by atoms with E-state index in [4.69, 9.17) is 0 Å². The minimum Gasteiger partial charge on any atom is -0.325 e. The largest absolute Gasteiger partial charge is 0.325 e. The minimum atomic E-state index is -0.120. The number of carbonyl (C=O) groups is 2. The topological polar surface area (TPSA) is 61.4 Å². The normalized spacial score (nSPS) is 13.1. The molecule has 0 bridgehead atoms. The number of urea groups is 1. The third-order valence-electron chi connectivity index (χ3n) is 5.26. The van der Waals surface area contributed by atoms with E-state index in [9.17, 15) is 9.59 Å². The van der Waals surface area contributed by atoms with Crippen LogP contribution in [0, 0.1) is 0 Å². The Balaban J connectivity index is 1.39. The maximum atomic E-state index is 12.6. The fourth-order valence-corrected chi connectivity index (χ4v) is 3.64. The molecule has 3 amide bonds. The van der Waals surface area contributed by atoms with Crippen molar-refractivity contribution in [3.05, 3.63) is 84.4 Å². The zero-order valence-corrected chi connectivity index (χ0v) is 16.8. The highest BCUT2D eigenvalue weighted by Gasteiger charge is 2.19. The van der Waals surface area contributed by atoms with Gasteiger partial charge in [-0.1, -0.05) is 66.7 Å². The van der Waals surface area contributed by atoms with E-state index in [-0.39, 0.29) is 18.4 Å². The van der Waals surface area contributed by atoms with Gasteiger partial charge >= 0.3 is 6.03 Å². The molecular formula is C25H25N3O2. The first-order valence-corrected chi connectivity index (χ1v) is 10.3. The third-order valence-corrected chi connectivity index (χ3v) is 5.26. The highest BCUT2D eigenvalue weighted by molar-refractivity contribution is 5.99. The minimum absolute atomic E-state index is 0.120. The lowest BCUT2D eigenvalue weighted by molar-refractivity contribution is -0.115. The van der Waals surface area contributed by atoms with Crippen LogP contribution in [0.15, 0.2) is 78.9 Å². The lowest BCUT2D eigenvalue weighted by Gasteiger charge is -2.18. The van der Waals surface area contributed by atoms with Gasteiger partial charge in [0.05, 0.1) is 17.8 Å². The smallest absolute Gasteiger partial charge is 0.321 e. The van der Waals surface area contributed by atoms with Gasteiger partial charge in [-0.05, 0) is 41.7 Å². The van der Waals surface area contributed by atoms with Crippen molar-refractivity contribution in [1.82, 2.24) is 4.90 Å². The number of rotatable bonds is 5. The van der Waals surface area contributed by atoms with E-state index < -0.39 is 0 Å². The molecule has 30 heavy (non-hydrogen) atoms. The van der Waals surface area contributed by atoms with E-state index in [2.05, 4.69) is 22.8 Å². The van der Waals surface area contributed by atoms with Crippen LogP contribution in [0.25, 0.3) is 11.1 Å². The predicted octanol–water partition coefficient (Wildman–Crippen LogP) is 5.16. The third kappa shape index (κ3) is 4.87. The van der Waals surface area contributed by atoms with Crippen LogP contribution in [0.5, 0.6) is 0 Å². The number of benzene rings is 3. The molecule has 0 atom stereocenters. The van der Waals surface area contributed by atoms with Crippen molar-refractivity contribution in [2.75, 3.05) is 23.7 Å². The predicted molar refractivity (Wildman–Crippen MR) is 120 cm³/mol. The zero-order chi connectivity index (χ0) is 20.8. The first-order chi connectivity index (χ1) is 14.7. The first-order valence-electron chi connectivity index (χ1n) is 10.3. The summed E-state index contributed by atoms with van der Waals surface area (Å²) in [7, 11) is 0. The van der Waals surface area contributed by atoms with Crippen LogP contribution in [0.2, 0.25) is 0 Å². The van der Waals surface area contributed by atoms with E-state index in [1.54, 1.807) is 17.0 Å². The standard InChI is InChI=1S/C25H25N3O2/c29-24(18-19-12-14-21(15-13-19)20-8-2-1-3-9-20)26-22-10-4-5-11-23(22)27-25(30)28-16-6-7-17-28/h1-5,8-15H,6-7,16-18H2,(H,26,29)(H,27,30). The van der Waals surface area contributed by atoms with Gasteiger partial charge in [-0.2, -0.15) is 0 Å². The Bertz CT molecular complexity index is 1010. The van der Waals surface area contributed by atoms with Crippen LogP contribution < -0.4 is 10.6 Å². The molecule has 3 aromatic carbocycles. The van der Waals surface area contributed by atoms with Gasteiger partial charge in [-0.3, -0.25) is 4.79 Å². The van der Waals surface area contributed by atoms with Crippen molar-refractivity contribution in [2.45, 2.75) is 19.3 Å². The summed E-state index contributed by atoms with van der Waals surface area (Å²) in [6, 6.07) is 25.3. The monoisotopic (exact) mass is 399 g/mol. The number of likely N-dealkylation sites (tertiary alicyclic amines) is 1. The molecule has 1 saturated heterocycles. The Morgan fingerprint density at radius 3 is 1.93 bits per heavy atom. The molecule has 4 rings (SSSR count). The van der Waals surface area contributed by atoms with E-state index in [0.29, 0.717) is 11.4 Å². The van der Waals surface area contributed by atoms with Crippen molar-refractivity contribution in [2.24, 2.45) is 0 Å². The molecule has 152 valence electrons. The lowest BCUT2D eigenvalue weighted by Crippen LogP contribution is -2.32. The van der Waals surface area contributed by atoms with Gasteiger partial charge in [0, 0.05) is 13.1 Å². The first kappa shape index (κ1) is 19.7. The molecule has 0 aliphatic carbocycles. The zero-order valence-electron chi connectivity index (χ0n) is 16.8. The highest BCUT2D eigenvalue weighted by Crippen LogP contribution is 2.23. The second kappa shape index (κ2) is 9.27. The molecule has 0 aromatic heterocycles. The Morgan fingerprint density at radius 1 is 0.700 bits per heavy atom. The van der Waals surface area contributed by atoms with Gasteiger partial charge in [-0.25, -0.2) is 4.79 Å². The number of nitrogens with one attached hydrogen (secondary N) is 2. The summed E-state index contributed by atoms with van der Waals surface area (Å²) in [5, 5.41) is 5.85. The molecule has 1 aliphatic heterocycles. The molecular weight excluding hydrogens is 374 g/mol. The number of hydrogen-bond acceptors (Lipinski definition) is 2. The number of carbonyl (C=O) groups excluding carboxylic acids is 2. The van der Waals surface area contributed by atoms with Crippen LogP contribution in [0.3, 0.4) is 0 Å². The van der Waals surface area contributed by atoms with Crippen molar-refractivity contribution < 1.29 is 9.59 Å². The maximum absolute atomic E-state index is 12.6. The molecule has 0 radical (unpaired) electrons. The average molecular weight is 399 g/mol. The van der Waals surface area contributed by atoms with E-state index in [1.165, 1.54) is 0 Å². The van der Waals surface area contributed by atoms with Gasteiger partial charge in [0.15, 0.2) is 0 Å². The van der Waals surface area contributed by atoms with Crippen molar-refractivity contribution in [1.29, 1.82) is 0 Å². The highest BCUT2D eigenvalue weighted by atomic mass is 16.2. The summed E-state index contributed by atoms with van der Waals surface area (Å²) in [5.74, 6) is -0.120. The van der Waals surface area contributed by atoms with Crippen molar-refractivity contribution in [3.63, 3.8) is 0 Å².